The van der Waals surface area contributed by atoms with E-state index in [1.54, 1.807) is 0 Å². The zero-order chi connectivity index (χ0) is 11.0. The van der Waals surface area contributed by atoms with Crippen LogP contribution in [-0.4, -0.2) is 18.9 Å². The lowest BCUT2D eigenvalue weighted by molar-refractivity contribution is 0.0994. The summed E-state index contributed by atoms with van der Waals surface area (Å²) >= 11 is 0. The quantitative estimate of drug-likeness (QED) is 0.832. The summed E-state index contributed by atoms with van der Waals surface area (Å²) in [6.45, 7) is 2.25. The van der Waals surface area contributed by atoms with E-state index in [4.69, 9.17) is 0 Å². The summed E-state index contributed by atoms with van der Waals surface area (Å²) in [6.07, 6.45) is 4.12. The molecule has 1 saturated heterocycles. The van der Waals surface area contributed by atoms with Crippen molar-refractivity contribution in [1.29, 1.82) is 0 Å². The lowest BCUT2D eigenvalue weighted by Crippen LogP contribution is -2.26. The smallest absolute Gasteiger partial charge is 0.163 e. The number of halogens is 1. The van der Waals surface area contributed by atoms with E-state index in [0.29, 0.717) is 18.1 Å². The molecule has 1 aromatic rings. The maximum atomic E-state index is 11.5. The predicted octanol–water partition coefficient (Wildman–Crippen LogP) is 2.70. The van der Waals surface area contributed by atoms with Crippen LogP contribution in [0.4, 0.5) is 0 Å². The molecule has 1 N–H and O–H groups in total. The van der Waals surface area contributed by atoms with Crippen molar-refractivity contribution in [3.05, 3.63) is 34.9 Å². The fraction of sp³-hybridized carbons (Fsp3) is 0.500. The van der Waals surface area contributed by atoms with Crippen molar-refractivity contribution in [1.82, 2.24) is 5.32 Å². The fourth-order valence-electron chi connectivity index (χ4n) is 2.88. The summed E-state index contributed by atoms with van der Waals surface area (Å²) in [5.41, 5.74) is 3.69. The molecule has 3 rings (SSSR count). The van der Waals surface area contributed by atoms with E-state index in [0.717, 1.165) is 25.1 Å². The highest BCUT2D eigenvalue weighted by Gasteiger charge is 2.22. The Kier molecular flexibility index (Phi) is 3.85. The number of carbonyl (C=O) groups excluding carboxylic acids is 1. The largest absolute Gasteiger partial charge is 0.317 e. The van der Waals surface area contributed by atoms with Crippen molar-refractivity contribution in [2.45, 2.75) is 31.6 Å². The van der Waals surface area contributed by atoms with Crippen LogP contribution in [0.3, 0.4) is 0 Å². The molecule has 0 aromatic heterocycles. The summed E-state index contributed by atoms with van der Waals surface area (Å²) in [4.78, 5) is 11.5. The van der Waals surface area contributed by atoms with Gasteiger partial charge in [0.25, 0.3) is 0 Å². The van der Waals surface area contributed by atoms with E-state index in [9.17, 15) is 4.79 Å². The highest BCUT2D eigenvalue weighted by Crippen LogP contribution is 2.30. The third kappa shape index (κ3) is 2.38. The highest BCUT2D eigenvalue weighted by atomic mass is 35.5. The summed E-state index contributed by atoms with van der Waals surface area (Å²) in [7, 11) is 0. The number of benzene rings is 1. The fourth-order valence-corrected chi connectivity index (χ4v) is 2.88. The van der Waals surface area contributed by atoms with Crippen molar-refractivity contribution in [3.8, 4) is 0 Å². The number of rotatable bonds is 1. The van der Waals surface area contributed by atoms with Crippen molar-refractivity contribution >= 4 is 18.2 Å². The Bertz CT molecular complexity index is 424. The molecule has 17 heavy (non-hydrogen) atoms. The molecule has 92 valence electrons. The Morgan fingerprint density at radius 3 is 2.65 bits per heavy atom. The van der Waals surface area contributed by atoms with Crippen molar-refractivity contribution in [2.75, 3.05) is 13.1 Å². The Hall–Kier alpha value is -0.860. The second-order valence-corrected chi connectivity index (χ2v) is 4.86. The third-order valence-corrected chi connectivity index (χ3v) is 3.86. The molecule has 1 heterocycles. The van der Waals surface area contributed by atoms with Crippen LogP contribution >= 0.6 is 12.4 Å². The third-order valence-electron chi connectivity index (χ3n) is 3.86. The van der Waals surface area contributed by atoms with Crippen LogP contribution in [0.5, 0.6) is 0 Å². The minimum atomic E-state index is 0. The summed E-state index contributed by atoms with van der Waals surface area (Å²) in [6, 6.07) is 6.48. The van der Waals surface area contributed by atoms with E-state index < -0.39 is 0 Å². The standard InChI is InChI=1S/C14H17NO.ClH/c16-14-4-2-12-9-11(1-3-13(12)14)10-5-7-15-8-6-10;/h1,3,9-10,15H,2,4-8H2;1H. The van der Waals surface area contributed by atoms with Crippen molar-refractivity contribution in [2.24, 2.45) is 0 Å². The Balaban J connectivity index is 0.00000108. The summed E-state index contributed by atoms with van der Waals surface area (Å²) in [5, 5.41) is 3.39. The van der Waals surface area contributed by atoms with Crippen LogP contribution in [0.15, 0.2) is 18.2 Å². The van der Waals surface area contributed by atoms with Crippen LogP contribution in [0, 0.1) is 0 Å². The minimum absolute atomic E-state index is 0. The molecule has 0 bridgehead atoms. The molecule has 1 aromatic carbocycles. The highest BCUT2D eigenvalue weighted by molar-refractivity contribution is 6.00. The number of Topliss-reactive ketones (excluding diaryl/α,β-unsaturated/α-hetero) is 1. The second-order valence-electron chi connectivity index (χ2n) is 4.86. The molecule has 2 nitrogen and oxygen atoms in total. The van der Waals surface area contributed by atoms with Gasteiger partial charge >= 0.3 is 0 Å². The molecular formula is C14H18ClNO. The van der Waals surface area contributed by atoms with Crippen molar-refractivity contribution in [3.63, 3.8) is 0 Å². The molecule has 0 amide bonds. The molecule has 3 heteroatoms. The topological polar surface area (TPSA) is 29.1 Å². The van der Waals surface area contributed by atoms with Gasteiger partial charge in [0.1, 0.15) is 0 Å². The average molecular weight is 252 g/mol. The van der Waals surface area contributed by atoms with Crippen LogP contribution in [-0.2, 0) is 6.42 Å². The zero-order valence-electron chi connectivity index (χ0n) is 9.87. The van der Waals surface area contributed by atoms with Gasteiger partial charge in [0.2, 0.25) is 0 Å². The number of piperidine rings is 1. The van der Waals surface area contributed by atoms with Gasteiger partial charge in [0, 0.05) is 12.0 Å². The Morgan fingerprint density at radius 2 is 1.88 bits per heavy atom. The average Bonchev–Trinajstić information content (AvgIpc) is 2.72. The number of ketones is 1. The number of nitrogens with one attached hydrogen (secondary N) is 1. The number of hydrogen-bond acceptors (Lipinski definition) is 2. The Morgan fingerprint density at radius 1 is 1.12 bits per heavy atom. The monoisotopic (exact) mass is 251 g/mol. The van der Waals surface area contributed by atoms with Gasteiger partial charge in [-0.1, -0.05) is 18.2 Å². The van der Waals surface area contributed by atoms with Crippen LogP contribution in [0.1, 0.15) is 46.7 Å². The molecule has 0 saturated carbocycles. The first-order valence-electron chi connectivity index (χ1n) is 6.21. The molecule has 0 unspecified atom stereocenters. The summed E-state index contributed by atoms with van der Waals surface area (Å²) in [5.74, 6) is 1.02. The molecule has 0 atom stereocenters. The SMILES string of the molecule is Cl.O=C1CCc2cc(C3CCNCC3)ccc21. The number of hydrogen-bond donors (Lipinski definition) is 1. The lowest BCUT2D eigenvalue weighted by Gasteiger charge is -2.23. The first-order valence-corrected chi connectivity index (χ1v) is 6.21. The van der Waals surface area contributed by atoms with Crippen molar-refractivity contribution < 1.29 is 4.79 Å². The molecule has 0 radical (unpaired) electrons. The van der Waals surface area contributed by atoms with Crippen LogP contribution in [0.2, 0.25) is 0 Å². The summed E-state index contributed by atoms with van der Waals surface area (Å²) < 4.78 is 0. The van der Waals surface area contributed by atoms with Gasteiger partial charge in [-0.3, -0.25) is 4.79 Å². The maximum absolute atomic E-state index is 11.5. The van der Waals surface area contributed by atoms with Gasteiger partial charge in [-0.15, -0.1) is 12.4 Å². The van der Waals surface area contributed by atoms with Gasteiger partial charge in [-0.25, -0.2) is 0 Å². The van der Waals surface area contributed by atoms with E-state index in [1.807, 2.05) is 6.07 Å². The first-order chi connectivity index (χ1) is 7.84. The van der Waals surface area contributed by atoms with E-state index in [-0.39, 0.29) is 12.4 Å². The maximum Gasteiger partial charge on any atom is 0.163 e. The van der Waals surface area contributed by atoms with E-state index >= 15 is 0 Å². The molecule has 0 spiro atoms. The van der Waals surface area contributed by atoms with E-state index in [2.05, 4.69) is 17.4 Å². The number of carbonyl (C=O) groups is 1. The normalized spacial score (nSPS) is 19.9. The van der Waals surface area contributed by atoms with Crippen LogP contribution < -0.4 is 5.32 Å². The van der Waals surface area contributed by atoms with Gasteiger partial charge in [0.05, 0.1) is 0 Å². The molecule has 1 fully saturated rings. The second kappa shape index (κ2) is 5.19. The van der Waals surface area contributed by atoms with Gasteiger partial charge in [-0.2, -0.15) is 0 Å². The van der Waals surface area contributed by atoms with Gasteiger partial charge < -0.3 is 5.32 Å². The zero-order valence-corrected chi connectivity index (χ0v) is 10.7. The molecular weight excluding hydrogens is 234 g/mol. The number of fused-ring (bicyclic) bond motifs is 1. The molecule has 1 aliphatic carbocycles. The molecule has 1 aliphatic heterocycles. The lowest BCUT2D eigenvalue weighted by atomic mass is 9.88. The first kappa shape index (κ1) is 12.6. The number of aryl methyl sites for hydroxylation is 1. The van der Waals surface area contributed by atoms with Gasteiger partial charge in [-0.05, 0) is 49.4 Å². The van der Waals surface area contributed by atoms with Gasteiger partial charge in [0.15, 0.2) is 5.78 Å². The predicted molar refractivity (Wildman–Crippen MR) is 71.2 cm³/mol. The van der Waals surface area contributed by atoms with E-state index in [1.165, 1.54) is 24.0 Å². The van der Waals surface area contributed by atoms with Crippen LogP contribution in [0.25, 0.3) is 0 Å². The minimum Gasteiger partial charge on any atom is -0.317 e. The Labute approximate surface area is 108 Å². The molecule has 2 aliphatic rings.